The highest BCUT2D eigenvalue weighted by Gasteiger charge is 2.15. The number of anilines is 1. The van der Waals surface area contributed by atoms with Gasteiger partial charge in [-0.25, -0.2) is 9.97 Å². The monoisotopic (exact) mass is 297 g/mol. The minimum absolute atomic E-state index is 0.289. The molecule has 0 bridgehead atoms. The zero-order valence-electron chi connectivity index (χ0n) is 13.2. The highest BCUT2D eigenvalue weighted by Crippen LogP contribution is 2.22. The van der Waals surface area contributed by atoms with Gasteiger partial charge in [0.05, 0.1) is 11.4 Å². The van der Waals surface area contributed by atoms with E-state index in [2.05, 4.69) is 39.4 Å². The number of rotatable bonds is 4. The van der Waals surface area contributed by atoms with Crippen LogP contribution in [0.4, 0.5) is 5.82 Å². The maximum atomic E-state index is 4.68. The quantitative estimate of drug-likeness (QED) is 0.908. The van der Waals surface area contributed by atoms with E-state index in [1.165, 1.54) is 0 Å². The lowest BCUT2D eigenvalue weighted by molar-refractivity contribution is 0.478. The predicted molar refractivity (Wildman–Crippen MR) is 88.9 cm³/mol. The zero-order valence-corrected chi connectivity index (χ0v) is 13.2. The van der Waals surface area contributed by atoms with E-state index in [1.807, 2.05) is 24.3 Å². The third kappa shape index (κ3) is 3.60. The summed E-state index contributed by atoms with van der Waals surface area (Å²) in [4.78, 5) is 13.8. The molecule has 1 fully saturated rings. The van der Waals surface area contributed by atoms with Crippen LogP contribution in [-0.4, -0.2) is 34.1 Å². The average Bonchev–Trinajstić information content (AvgIpc) is 2.56. The van der Waals surface area contributed by atoms with Crippen molar-refractivity contribution in [2.45, 2.75) is 38.6 Å². The normalized spacial score (nSPS) is 16.0. The van der Waals surface area contributed by atoms with Gasteiger partial charge >= 0.3 is 0 Å². The van der Waals surface area contributed by atoms with Crippen molar-refractivity contribution in [3.05, 3.63) is 36.3 Å². The van der Waals surface area contributed by atoms with E-state index in [-0.39, 0.29) is 5.92 Å². The molecular formula is C17H23N5. The Morgan fingerprint density at radius 3 is 2.64 bits per heavy atom. The summed E-state index contributed by atoms with van der Waals surface area (Å²) in [6, 6.07) is 8.38. The second-order valence-electron chi connectivity index (χ2n) is 6.03. The Bertz CT molecular complexity index is 606. The zero-order chi connectivity index (χ0) is 15.4. The van der Waals surface area contributed by atoms with Gasteiger partial charge in [0.1, 0.15) is 11.6 Å². The Hall–Kier alpha value is -2.01. The Morgan fingerprint density at radius 2 is 1.95 bits per heavy atom. The molecular weight excluding hydrogens is 274 g/mol. The summed E-state index contributed by atoms with van der Waals surface area (Å²) in [6.45, 7) is 6.36. The number of hydrogen-bond acceptors (Lipinski definition) is 5. The van der Waals surface area contributed by atoms with Crippen LogP contribution in [0.3, 0.4) is 0 Å². The fraction of sp³-hybridized carbons (Fsp3) is 0.471. The summed E-state index contributed by atoms with van der Waals surface area (Å²) in [5, 5.41) is 6.95. The first-order chi connectivity index (χ1) is 10.7. The minimum atomic E-state index is 0.289. The highest BCUT2D eigenvalue weighted by molar-refractivity contribution is 5.58. The van der Waals surface area contributed by atoms with Crippen LogP contribution in [-0.2, 0) is 0 Å². The van der Waals surface area contributed by atoms with Crippen molar-refractivity contribution in [2.75, 3.05) is 18.4 Å². The number of piperidine rings is 1. The lowest BCUT2D eigenvalue weighted by Crippen LogP contribution is -2.35. The molecule has 116 valence electrons. The van der Waals surface area contributed by atoms with Crippen molar-refractivity contribution in [3.63, 3.8) is 0 Å². The third-order valence-corrected chi connectivity index (χ3v) is 3.88. The standard InChI is InChI=1S/C17H23N5/c1-12(2)17-21-15(14-5-3-4-8-19-14)11-16(22-17)20-13-6-9-18-10-7-13/h3-5,8,11-13,18H,6-7,9-10H2,1-2H3,(H,20,21,22). The van der Waals surface area contributed by atoms with Crippen LogP contribution in [0.5, 0.6) is 0 Å². The van der Waals surface area contributed by atoms with Gasteiger partial charge in [0.25, 0.3) is 0 Å². The van der Waals surface area contributed by atoms with Crippen LogP contribution in [0.25, 0.3) is 11.4 Å². The van der Waals surface area contributed by atoms with Gasteiger partial charge in [0.15, 0.2) is 0 Å². The molecule has 3 heterocycles. The van der Waals surface area contributed by atoms with E-state index < -0.39 is 0 Å². The number of hydrogen-bond donors (Lipinski definition) is 2. The van der Waals surface area contributed by atoms with Crippen molar-refractivity contribution in [1.29, 1.82) is 0 Å². The van der Waals surface area contributed by atoms with Gasteiger partial charge in [-0.05, 0) is 38.1 Å². The number of nitrogens with one attached hydrogen (secondary N) is 2. The van der Waals surface area contributed by atoms with Gasteiger partial charge in [-0.3, -0.25) is 4.98 Å². The molecule has 0 saturated carbocycles. The fourth-order valence-corrected chi connectivity index (χ4v) is 2.62. The molecule has 22 heavy (non-hydrogen) atoms. The van der Waals surface area contributed by atoms with E-state index in [0.29, 0.717) is 6.04 Å². The third-order valence-electron chi connectivity index (χ3n) is 3.88. The summed E-state index contributed by atoms with van der Waals surface area (Å²) < 4.78 is 0. The minimum Gasteiger partial charge on any atom is -0.367 e. The van der Waals surface area contributed by atoms with E-state index in [1.54, 1.807) is 6.20 Å². The van der Waals surface area contributed by atoms with E-state index in [9.17, 15) is 0 Å². The summed E-state index contributed by atoms with van der Waals surface area (Å²) in [5.41, 5.74) is 1.77. The molecule has 1 saturated heterocycles. The SMILES string of the molecule is CC(C)c1nc(NC2CCNCC2)cc(-c2ccccn2)n1. The summed E-state index contributed by atoms with van der Waals surface area (Å²) in [6.07, 6.45) is 4.05. The lowest BCUT2D eigenvalue weighted by atomic mass is 10.1. The topological polar surface area (TPSA) is 62.7 Å². The lowest BCUT2D eigenvalue weighted by Gasteiger charge is -2.24. The summed E-state index contributed by atoms with van der Waals surface area (Å²) in [7, 11) is 0. The summed E-state index contributed by atoms with van der Waals surface area (Å²) in [5.74, 6) is 2.06. The van der Waals surface area contributed by atoms with E-state index in [4.69, 9.17) is 0 Å². The van der Waals surface area contributed by atoms with Gasteiger partial charge in [0, 0.05) is 24.2 Å². The second kappa shape index (κ2) is 6.83. The maximum Gasteiger partial charge on any atom is 0.134 e. The van der Waals surface area contributed by atoms with Gasteiger partial charge in [0.2, 0.25) is 0 Å². The average molecular weight is 297 g/mol. The molecule has 1 aliphatic rings. The first kappa shape index (κ1) is 14.9. The number of nitrogens with zero attached hydrogens (tertiary/aromatic N) is 3. The predicted octanol–water partition coefficient (Wildman–Crippen LogP) is 2.83. The van der Waals surface area contributed by atoms with Gasteiger partial charge in [-0.15, -0.1) is 0 Å². The Labute approximate surface area is 131 Å². The molecule has 1 aliphatic heterocycles. The molecule has 0 aromatic carbocycles. The molecule has 0 radical (unpaired) electrons. The van der Waals surface area contributed by atoms with Gasteiger partial charge in [-0.1, -0.05) is 19.9 Å². The Balaban J connectivity index is 1.90. The molecule has 5 nitrogen and oxygen atoms in total. The molecule has 5 heteroatoms. The van der Waals surface area contributed by atoms with Crippen LogP contribution in [0.15, 0.2) is 30.5 Å². The molecule has 2 aromatic heterocycles. The molecule has 0 atom stereocenters. The molecule has 2 aromatic rings. The van der Waals surface area contributed by atoms with Gasteiger partial charge in [-0.2, -0.15) is 0 Å². The number of pyridine rings is 1. The van der Waals surface area contributed by atoms with E-state index >= 15 is 0 Å². The maximum absolute atomic E-state index is 4.68. The van der Waals surface area contributed by atoms with E-state index in [0.717, 1.165) is 49.0 Å². The van der Waals surface area contributed by atoms with Crippen LogP contribution in [0.2, 0.25) is 0 Å². The second-order valence-corrected chi connectivity index (χ2v) is 6.03. The molecule has 0 aliphatic carbocycles. The molecule has 0 spiro atoms. The van der Waals surface area contributed by atoms with Gasteiger partial charge < -0.3 is 10.6 Å². The fourth-order valence-electron chi connectivity index (χ4n) is 2.62. The largest absolute Gasteiger partial charge is 0.367 e. The highest BCUT2D eigenvalue weighted by atomic mass is 15.1. The van der Waals surface area contributed by atoms with Crippen molar-refractivity contribution >= 4 is 5.82 Å². The van der Waals surface area contributed by atoms with Crippen LogP contribution < -0.4 is 10.6 Å². The molecule has 0 amide bonds. The number of aromatic nitrogens is 3. The van der Waals surface area contributed by atoms with Crippen molar-refractivity contribution in [1.82, 2.24) is 20.3 Å². The first-order valence-corrected chi connectivity index (χ1v) is 8.00. The van der Waals surface area contributed by atoms with Crippen molar-refractivity contribution in [2.24, 2.45) is 0 Å². The summed E-state index contributed by atoms with van der Waals surface area (Å²) >= 11 is 0. The van der Waals surface area contributed by atoms with Crippen molar-refractivity contribution < 1.29 is 0 Å². The van der Waals surface area contributed by atoms with Crippen LogP contribution >= 0.6 is 0 Å². The Kier molecular flexibility index (Phi) is 4.63. The molecule has 3 rings (SSSR count). The van der Waals surface area contributed by atoms with Crippen LogP contribution in [0, 0.1) is 0 Å². The first-order valence-electron chi connectivity index (χ1n) is 8.00. The van der Waals surface area contributed by atoms with Crippen LogP contribution in [0.1, 0.15) is 38.4 Å². The van der Waals surface area contributed by atoms with Crippen molar-refractivity contribution in [3.8, 4) is 11.4 Å². The molecule has 0 unspecified atom stereocenters. The Morgan fingerprint density at radius 1 is 1.14 bits per heavy atom. The molecule has 2 N–H and O–H groups in total. The smallest absolute Gasteiger partial charge is 0.134 e.